The van der Waals surface area contributed by atoms with Crippen molar-refractivity contribution in [1.82, 2.24) is 10.3 Å². The maximum Gasteiger partial charge on any atom is 0.274 e. The molecule has 1 saturated carbocycles. The van der Waals surface area contributed by atoms with E-state index in [4.69, 9.17) is 16.0 Å². The summed E-state index contributed by atoms with van der Waals surface area (Å²) in [5, 5.41) is 3.82. The van der Waals surface area contributed by atoms with Gasteiger partial charge in [0, 0.05) is 10.9 Å². The summed E-state index contributed by atoms with van der Waals surface area (Å²) in [6.45, 7) is 0. The van der Waals surface area contributed by atoms with Crippen molar-refractivity contribution < 1.29 is 9.21 Å². The van der Waals surface area contributed by atoms with Crippen molar-refractivity contribution >= 4 is 17.5 Å². The smallest absolute Gasteiger partial charge is 0.274 e. The highest BCUT2D eigenvalue weighted by atomic mass is 35.5. The van der Waals surface area contributed by atoms with E-state index in [1.165, 1.54) is 12.0 Å². The van der Waals surface area contributed by atoms with Gasteiger partial charge in [-0.2, -0.15) is 0 Å². The molecule has 0 spiro atoms. The van der Waals surface area contributed by atoms with Gasteiger partial charge in [-0.3, -0.25) is 4.79 Å². The quantitative estimate of drug-likeness (QED) is 0.942. The van der Waals surface area contributed by atoms with E-state index < -0.39 is 0 Å². The number of rotatable bonds is 3. The summed E-state index contributed by atoms with van der Waals surface area (Å²) in [5.41, 5.74) is 2.82. The fourth-order valence-corrected chi connectivity index (χ4v) is 3.22. The van der Waals surface area contributed by atoms with E-state index >= 15 is 0 Å². The molecule has 108 valence electrons. The third kappa shape index (κ3) is 2.33. The lowest BCUT2D eigenvalue weighted by Crippen LogP contribution is -2.28. The molecule has 2 aromatic rings. The van der Waals surface area contributed by atoms with Crippen LogP contribution in [0, 0.1) is 0 Å². The second kappa shape index (κ2) is 4.88. The molecular formula is C16H15ClN2O2. The van der Waals surface area contributed by atoms with Gasteiger partial charge in [-0.15, -0.1) is 0 Å². The van der Waals surface area contributed by atoms with Gasteiger partial charge in [-0.1, -0.05) is 17.7 Å². The molecule has 1 atom stereocenters. The minimum absolute atomic E-state index is 0.0357. The largest absolute Gasteiger partial charge is 0.447 e. The number of aryl methyl sites for hydroxylation is 1. The molecule has 5 heteroatoms. The van der Waals surface area contributed by atoms with Crippen molar-refractivity contribution in [2.45, 2.75) is 37.6 Å². The number of halogens is 1. The first-order chi connectivity index (χ1) is 10.2. The molecule has 2 aliphatic rings. The number of nitrogens with zero attached hydrogens (tertiary/aromatic N) is 1. The lowest BCUT2D eigenvalue weighted by molar-refractivity contribution is 0.0930. The minimum atomic E-state index is -0.140. The molecule has 0 aliphatic heterocycles. The summed E-state index contributed by atoms with van der Waals surface area (Å²) < 4.78 is 5.37. The Balaban J connectivity index is 1.55. The number of hydrogen-bond donors (Lipinski definition) is 1. The minimum Gasteiger partial charge on any atom is -0.447 e. The van der Waals surface area contributed by atoms with Crippen LogP contribution < -0.4 is 5.32 Å². The van der Waals surface area contributed by atoms with Crippen LogP contribution in [-0.4, -0.2) is 10.9 Å². The highest BCUT2D eigenvalue weighted by molar-refractivity contribution is 6.30. The van der Waals surface area contributed by atoms with Gasteiger partial charge < -0.3 is 9.73 Å². The molecule has 21 heavy (non-hydrogen) atoms. The molecule has 1 amide bonds. The highest BCUT2D eigenvalue weighted by Gasteiger charge is 2.33. The first kappa shape index (κ1) is 12.9. The zero-order chi connectivity index (χ0) is 14.4. The van der Waals surface area contributed by atoms with Gasteiger partial charge in [0.1, 0.15) is 5.76 Å². The van der Waals surface area contributed by atoms with Gasteiger partial charge in [0.2, 0.25) is 0 Å². The topological polar surface area (TPSA) is 55.1 Å². The third-order valence-corrected chi connectivity index (χ3v) is 4.48. The van der Waals surface area contributed by atoms with Crippen LogP contribution in [0.2, 0.25) is 5.02 Å². The van der Waals surface area contributed by atoms with Gasteiger partial charge in [-0.05, 0) is 48.9 Å². The van der Waals surface area contributed by atoms with Crippen LogP contribution in [0.3, 0.4) is 0 Å². The van der Waals surface area contributed by atoms with Crippen molar-refractivity contribution in [2.75, 3.05) is 0 Å². The summed E-state index contributed by atoms with van der Waals surface area (Å²) >= 11 is 6.01. The van der Waals surface area contributed by atoms with E-state index in [-0.39, 0.29) is 11.9 Å². The fourth-order valence-electron chi connectivity index (χ4n) is 3.02. The van der Waals surface area contributed by atoms with Crippen LogP contribution in [0.5, 0.6) is 0 Å². The van der Waals surface area contributed by atoms with E-state index in [1.807, 2.05) is 18.2 Å². The monoisotopic (exact) mass is 302 g/mol. The first-order valence-corrected chi connectivity index (χ1v) is 7.63. The number of nitrogens with one attached hydrogen (secondary N) is 1. The van der Waals surface area contributed by atoms with Gasteiger partial charge in [0.05, 0.1) is 6.04 Å². The number of amides is 1. The molecule has 1 fully saturated rings. The molecule has 4 rings (SSSR count). The molecule has 2 aliphatic carbocycles. The Hall–Kier alpha value is -1.81. The summed E-state index contributed by atoms with van der Waals surface area (Å²) in [7, 11) is 0. The molecule has 1 heterocycles. The standard InChI is InChI=1S/C16H15ClN2O2/c17-11-4-5-12-10(7-11)3-6-13(12)19-16(20)14-15(9-1-2-9)21-8-18-14/h4-5,7-9,13H,1-3,6H2,(H,19,20). The Morgan fingerprint density at radius 1 is 1.33 bits per heavy atom. The van der Waals surface area contributed by atoms with E-state index in [2.05, 4.69) is 10.3 Å². The van der Waals surface area contributed by atoms with Crippen LogP contribution in [0.4, 0.5) is 0 Å². The fraction of sp³-hybridized carbons (Fsp3) is 0.375. The van der Waals surface area contributed by atoms with Crippen molar-refractivity contribution in [1.29, 1.82) is 0 Å². The molecule has 0 saturated heterocycles. The molecular weight excluding hydrogens is 288 g/mol. The Morgan fingerprint density at radius 2 is 2.19 bits per heavy atom. The summed E-state index contributed by atoms with van der Waals surface area (Å²) in [6.07, 6.45) is 5.37. The summed E-state index contributed by atoms with van der Waals surface area (Å²) in [4.78, 5) is 16.5. The number of hydrogen-bond acceptors (Lipinski definition) is 3. The Morgan fingerprint density at radius 3 is 3.00 bits per heavy atom. The van der Waals surface area contributed by atoms with Crippen molar-refractivity contribution in [3.63, 3.8) is 0 Å². The van der Waals surface area contributed by atoms with Crippen molar-refractivity contribution in [2.24, 2.45) is 0 Å². The highest BCUT2D eigenvalue weighted by Crippen LogP contribution is 2.41. The van der Waals surface area contributed by atoms with E-state index in [9.17, 15) is 4.79 Å². The molecule has 1 aromatic carbocycles. The predicted molar refractivity (Wildman–Crippen MR) is 78.5 cm³/mol. The molecule has 0 bridgehead atoms. The van der Waals surface area contributed by atoms with Gasteiger partial charge >= 0.3 is 0 Å². The Bertz CT molecular complexity index is 706. The van der Waals surface area contributed by atoms with Crippen LogP contribution in [0.25, 0.3) is 0 Å². The molecule has 0 radical (unpaired) electrons. The third-order valence-electron chi connectivity index (χ3n) is 4.25. The van der Waals surface area contributed by atoms with E-state index in [0.29, 0.717) is 11.6 Å². The summed E-state index contributed by atoms with van der Waals surface area (Å²) in [5.74, 6) is 0.975. The maximum atomic E-state index is 12.4. The number of benzene rings is 1. The van der Waals surface area contributed by atoms with E-state index in [0.717, 1.165) is 42.0 Å². The average Bonchev–Trinajstić information content (AvgIpc) is 3.07. The number of fused-ring (bicyclic) bond motifs is 1. The number of oxazole rings is 1. The Kier molecular flexibility index (Phi) is 3.00. The summed E-state index contributed by atoms with van der Waals surface area (Å²) in [6, 6.07) is 5.89. The number of aromatic nitrogens is 1. The van der Waals surface area contributed by atoms with Gasteiger partial charge in [-0.25, -0.2) is 4.98 Å². The first-order valence-electron chi connectivity index (χ1n) is 7.25. The molecule has 4 nitrogen and oxygen atoms in total. The van der Waals surface area contributed by atoms with Crippen LogP contribution in [0.15, 0.2) is 29.0 Å². The van der Waals surface area contributed by atoms with Crippen LogP contribution in [-0.2, 0) is 6.42 Å². The van der Waals surface area contributed by atoms with Gasteiger partial charge in [0.25, 0.3) is 5.91 Å². The zero-order valence-electron chi connectivity index (χ0n) is 11.4. The van der Waals surface area contributed by atoms with E-state index in [1.54, 1.807) is 0 Å². The second-order valence-corrected chi connectivity index (χ2v) is 6.18. The molecule has 1 unspecified atom stereocenters. The average molecular weight is 303 g/mol. The van der Waals surface area contributed by atoms with Crippen molar-refractivity contribution in [3.8, 4) is 0 Å². The van der Waals surface area contributed by atoms with Gasteiger partial charge in [0.15, 0.2) is 12.1 Å². The predicted octanol–water partition coefficient (Wildman–Crippen LogP) is 3.62. The molecule has 1 aromatic heterocycles. The maximum absolute atomic E-state index is 12.4. The van der Waals surface area contributed by atoms with Crippen LogP contribution in [0.1, 0.15) is 58.6 Å². The second-order valence-electron chi connectivity index (χ2n) is 5.75. The SMILES string of the molecule is O=C(NC1CCc2cc(Cl)ccc21)c1ncoc1C1CC1. The lowest BCUT2D eigenvalue weighted by Gasteiger charge is -2.13. The Labute approximate surface area is 127 Å². The lowest BCUT2D eigenvalue weighted by atomic mass is 10.1. The number of carbonyl (C=O) groups excluding carboxylic acids is 1. The zero-order valence-corrected chi connectivity index (χ0v) is 12.2. The number of carbonyl (C=O) groups is 1. The normalized spacial score (nSPS) is 20.3. The van der Waals surface area contributed by atoms with Crippen LogP contribution >= 0.6 is 11.6 Å². The van der Waals surface area contributed by atoms with Crippen molar-refractivity contribution in [3.05, 3.63) is 52.2 Å². The molecule has 1 N–H and O–H groups in total.